The van der Waals surface area contributed by atoms with E-state index in [2.05, 4.69) is 15.5 Å². The van der Waals surface area contributed by atoms with Crippen molar-refractivity contribution in [2.45, 2.75) is 27.7 Å². The van der Waals surface area contributed by atoms with Crippen molar-refractivity contribution in [2.75, 3.05) is 0 Å². The minimum absolute atomic E-state index is 0.244. The number of nitrogens with one attached hydrogen (secondary N) is 1. The highest BCUT2D eigenvalue weighted by molar-refractivity contribution is 5.95. The molecule has 2 aromatic rings. The van der Waals surface area contributed by atoms with Crippen LogP contribution in [0.2, 0.25) is 0 Å². The first-order valence-electron chi connectivity index (χ1n) is 5.75. The number of amides is 1. The molecule has 0 atom stereocenters. The molecule has 0 aliphatic heterocycles. The second-order valence-electron chi connectivity index (χ2n) is 4.48. The number of imidazole rings is 1. The number of fused-ring (bicyclic) bond motifs is 1. The van der Waals surface area contributed by atoms with Crippen molar-refractivity contribution in [3.05, 3.63) is 35.3 Å². The molecule has 94 valence electrons. The van der Waals surface area contributed by atoms with Gasteiger partial charge in [0.15, 0.2) is 0 Å². The summed E-state index contributed by atoms with van der Waals surface area (Å²) in [7, 11) is 0. The summed E-state index contributed by atoms with van der Waals surface area (Å²) in [5, 5.41) is 3.93. The van der Waals surface area contributed by atoms with Crippen LogP contribution in [0.5, 0.6) is 0 Å². The van der Waals surface area contributed by atoms with Gasteiger partial charge >= 0.3 is 0 Å². The van der Waals surface area contributed by atoms with E-state index in [9.17, 15) is 4.79 Å². The molecule has 0 bridgehead atoms. The molecular formula is C13H16N4O. The molecule has 2 aromatic heterocycles. The van der Waals surface area contributed by atoms with Crippen molar-refractivity contribution >= 4 is 17.3 Å². The molecule has 0 aliphatic rings. The molecule has 0 unspecified atom stereocenters. The average molecular weight is 244 g/mol. The molecule has 0 saturated heterocycles. The highest BCUT2D eigenvalue weighted by Crippen LogP contribution is 2.13. The molecule has 0 saturated carbocycles. The van der Waals surface area contributed by atoms with Crippen molar-refractivity contribution < 1.29 is 4.79 Å². The van der Waals surface area contributed by atoms with E-state index in [1.165, 1.54) is 0 Å². The zero-order chi connectivity index (χ0) is 13.3. The Labute approximate surface area is 106 Å². The van der Waals surface area contributed by atoms with Crippen LogP contribution in [-0.4, -0.2) is 21.0 Å². The lowest BCUT2D eigenvalue weighted by molar-refractivity contribution is 0.0948. The predicted molar refractivity (Wildman–Crippen MR) is 70.9 cm³/mol. The maximum atomic E-state index is 12.1. The van der Waals surface area contributed by atoms with Gasteiger partial charge in [-0.1, -0.05) is 6.07 Å². The van der Waals surface area contributed by atoms with Crippen molar-refractivity contribution in [3.63, 3.8) is 0 Å². The third-order valence-electron chi connectivity index (χ3n) is 2.54. The van der Waals surface area contributed by atoms with Gasteiger partial charge in [-0.3, -0.25) is 9.20 Å². The standard InChI is InChI=1S/C13H16N4O/c1-8(2)15-16-13(18)12-10(4)14-11-6-5-9(3)7-17(11)12/h5-7H,1-4H3,(H,16,18). The van der Waals surface area contributed by atoms with E-state index in [-0.39, 0.29) is 5.91 Å². The van der Waals surface area contributed by atoms with Gasteiger partial charge in [0.25, 0.3) is 5.91 Å². The monoisotopic (exact) mass is 244 g/mol. The summed E-state index contributed by atoms with van der Waals surface area (Å²) in [6.45, 7) is 7.45. The number of carbonyl (C=O) groups excluding carboxylic acids is 1. The van der Waals surface area contributed by atoms with Gasteiger partial charge in [-0.25, -0.2) is 10.4 Å². The van der Waals surface area contributed by atoms with E-state index in [0.717, 1.165) is 16.9 Å². The lowest BCUT2D eigenvalue weighted by atomic mass is 10.3. The Morgan fingerprint density at radius 2 is 2.06 bits per heavy atom. The fourth-order valence-electron chi connectivity index (χ4n) is 1.76. The number of aryl methyl sites for hydroxylation is 2. The van der Waals surface area contributed by atoms with Crippen LogP contribution in [0.25, 0.3) is 5.65 Å². The maximum absolute atomic E-state index is 12.1. The minimum Gasteiger partial charge on any atom is -0.295 e. The topological polar surface area (TPSA) is 58.8 Å². The normalized spacial score (nSPS) is 10.4. The Morgan fingerprint density at radius 3 is 2.72 bits per heavy atom. The summed E-state index contributed by atoms with van der Waals surface area (Å²) in [5.41, 5.74) is 6.38. The van der Waals surface area contributed by atoms with E-state index >= 15 is 0 Å². The fourth-order valence-corrected chi connectivity index (χ4v) is 1.76. The Kier molecular flexibility index (Phi) is 3.14. The van der Waals surface area contributed by atoms with E-state index < -0.39 is 0 Å². The zero-order valence-corrected chi connectivity index (χ0v) is 11.0. The second kappa shape index (κ2) is 4.60. The van der Waals surface area contributed by atoms with E-state index in [0.29, 0.717) is 11.4 Å². The van der Waals surface area contributed by atoms with Gasteiger partial charge in [-0.15, -0.1) is 0 Å². The lowest BCUT2D eigenvalue weighted by Gasteiger charge is -2.03. The van der Waals surface area contributed by atoms with Gasteiger partial charge in [0.1, 0.15) is 11.3 Å². The zero-order valence-electron chi connectivity index (χ0n) is 11.0. The number of aromatic nitrogens is 2. The maximum Gasteiger partial charge on any atom is 0.290 e. The Morgan fingerprint density at radius 1 is 1.33 bits per heavy atom. The molecule has 0 spiro atoms. The molecule has 0 fully saturated rings. The summed E-state index contributed by atoms with van der Waals surface area (Å²) in [6.07, 6.45) is 1.90. The molecule has 1 amide bonds. The minimum atomic E-state index is -0.244. The van der Waals surface area contributed by atoms with E-state index in [1.807, 2.05) is 46.0 Å². The summed E-state index contributed by atoms with van der Waals surface area (Å²) in [6, 6.07) is 3.87. The van der Waals surface area contributed by atoms with Crippen LogP contribution < -0.4 is 5.43 Å². The third-order valence-corrected chi connectivity index (χ3v) is 2.54. The van der Waals surface area contributed by atoms with Crippen LogP contribution in [0.4, 0.5) is 0 Å². The summed E-state index contributed by atoms with van der Waals surface area (Å²) in [5.74, 6) is -0.244. The van der Waals surface area contributed by atoms with Crippen LogP contribution in [0.1, 0.15) is 35.6 Å². The van der Waals surface area contributed by atoms with Crippen LogP contribution in [0.3, 0.4) is 0 Å². The number of hydrogen-bond acceptors (Lipinski definition) is 3. The Bertz CT molecular complexity index is 636. The van der Waals surface area contributed by atoms with Crippen molar-refractivity contribution in [2.24, 2.45) is 5.10 Å². The SMILES string of the molecule is CC(C)=NNC(=O)c1c(C)nc2ccc(C)cn12. The van der Waals surface area contributed by atoms with Gasteiger partial charge in [0, 0.05) is 11.9 Å². The van der Waals surface area contributed by atoms with Crippen LogP contribution in [0.15, 0.2) is 23.4 Å². The average Bonchev–Trinajstić information content (AvgIpc) is 2.61. The number of carbonyl (C=O) groups is 1. The number of rotatable bonds is 2. The summed E-state index contributed by atoms with van der Waals surface area (Å²) >= 11 is 0. The van der Waals surface area contributed by atoms with E-state index in [4.69, 9.17) is 0 Å². The number of hydrogen-bond donors (Lipinski definition) is 1. The lowest BCUT2D eigenvalue weighted by Crippen LogP contribution is -2.21. The molecule has 0 radical (unpaired) electrons. The van der Waals surface area contributed by atoms with Crippen molar-refractivity contribution in [3.8, 4) is 0 Å². The molecule has 5 heteroatoms. The van der Waals surface area contributed by atoms with Crippen molar-refractivity contribution in [1.29, 1.82) is 0 Å². The summed E-state index contributed by atoms with van der Waals surface area (Å²) < 4.78 is 1.79. The summed E-state index contributed by atoms with van der Waals surface area (Å²) in [4.78, 5) is 16.4. The molecule has 5 nitrogen and oxygen atoms in total. The van der Waals surface area contributed by atoms with Gasteiger partial charge in [0.2, 0.25) is 0 Å². The predicted octanol–water partition coefficient (Wildman–Crippen LogP) is 2.08. The fraction of sp³-hybridized carbons (Fsp3) is 0.308. The first-order chi connectivity index (χ1) is 8.49. The van der Waals surface area contributed by atoms with Crippen LogP contribution in [-0.2, 0) is 0 Å². The molecule has 0 aromatic carbocycles. The van der Waals surface area contributed by atoms with Crippen LogP contribution in [0, 0.1) is 13.8 Å². The third kappa shape index (κ3) is 2.25. The molecule has 2 rings (SSSR count). The Balaban J connectivity index is 2.49. The first kappa shape index (κ1) is 12.3. The van der Waals surface area contributed by atoms with Gasteiger partial charge in [0.05, 0.1) is 5.69 Å². The quantitative estimate of drug-likeness (QED) is 0.649. The second-order valence-corrected chi connectivity index (χ2v) is 4.48. The molecule has 1 N–H and O–H groups in total. The number of nitrogens with zero attached hydrogens (tertiary/aromatic N) is 3. The first-order valence-corrected chi connectivity index (χ1v) is 5.75. The largest absolute Gasteiger partial charge is 0.295 e. The molecular weight excluding hydrogens is 228 g/mol. The van der Waals surface area contributed by atoms with Gasteiger partial charge in [-0.2, -0.15) is 5.10 Å². The van der Waals surface area contributed by atoms with Gasteiger partial charge < -0.3 is 0 Å². The molecule has 2 heterocycles. The number of hydrazone groups is 1. The number of pyridine rings is 1. The molecule has 18 heavy (non-hydrogen) atoms. The van der Waals surface area contributed by atoms with Crippen LogP contribution >= 0.6 is 0 Å². The highest BCUT2D eigenvalue weighted by Gasteiger charge is 2.15. The smallest absolute Gasteiger partial charge is 0.290 e. The molecule has 0 aliphatic carbocycles. The van der Waals surface area contributed by atoms with Crippen molar-refractivity contribution in [1.82, 2.24) is 14.8 Å². The highest BCUT2D eigenvalue weighted by atomic mass is 16.2. The van der Waals surface area contributed by atoms with E-state index in [1.54, 1.807) is 4.40 Å². The van der Waals surface area contributed by atoms with Gasteiger partial charge in [-0.05, 0) is 39.3 Å². The Hall–Kier alpha value is -2.17.